The predicted octanol–water partition coefficient (Wildman–Crippen LogP) is 2.56. The number of hydrogen-bond acceptors (Lipinski definition) is 5. The van der Waals surface area contributed by atoms with Crippen LogP contribution in [0.4, 0.5) is 11.4 Å². The number of rotatable bonds is 4. The van der Waals surface area contributed by atoms with Gasteiger partial charge in [0.25, 0.3) is 5.69 Å². The van der Waals surface area contributed by atoms with Crippen LogP contribution in [0.5, 0.6) is 0 Å². The van der Waals surface area contributed by atoms with Crippen molar-refractivity contribution in [3.8, 4) is 0 Å². The van der Waals surface area contributed by atoms with E-state index >= 15 is 0 Å². The zero-order chi connectivity index (χ0) is 18.8. The van der Waals surface area contributed by atoms with E-state index in [0.29, 0.717) is 16.5 Å². The van der Waals surface area contributed by atoms with E-state index in [-0.39, 0.29) is 23.3 Å². The van der Waals surface area contributed by atoms with E-state index in [4.69, 9.17) is 0 Å². The molecule has 0 aliphatic rings. The third kappa shape index (κ3) is 3.16. The summed E-state index contributed by atoms with van der Waals surface area (Å²) >= 11 is 0. The average molecular weight is 352 g/mol. The Morgan fingerprint density at radius 3 is 2.69 bits per heavy atom. The fraction of sp³-hybridized carbons (Fsp3) is 0.167. The maximum Gasteiger partial charge on any atom is 0.293 e. The largest absolute Gasteiger partial charge is 0.319 e. The maximum absolute atomic E-state index is 12.5. The molecule has 2 aromatic carbocycles. The minimum absolute atomic E-state index is 0.167. The third-order valence-electron chi connectivity index (χ3n) is 4.23. The average Bonchev–Trinajstić information content (AvgIpc) is 2.61. The molecule has 0 atom stereocenters. The molecule has 0 fully saturated rings. The molecule has 0 saturated heterocycles. The van der Waals surface area contributed by atoms with Crippen LogP contribution in [0.25, 0.3) is 10.9 Å². The number of hydrogen-bond donors (Lipinski definition) is 1. The molecule has 0 aliphatic carbocycles. The molecule has 1 aromatic heterocycles. The summed E-state index contributed by atoms with van der Waals surface area (Å²) in [6.45, 7) is 3.35. The van der Waals surface area contributed by atoms with Gasteiger partial charge in [-0.15, -0.1) is 0 Å². The lowest BCUT2D eigenvalue weighted by Crippen LogP contribution is -2.23. The van der Waals surface area contributed by atoms with Gasteiger partial charge in [-0.25, -0.2) is 0 Å². The van der Waals surface area contributed by atoms with Gasteiger partial charge in [0, 0.05) is 11.5 Å². The second-order valence-electron chi connectivity index (χ2n) is 5.89. The first-order chi connectivity index (χ1) is 12.4. The number of amides is 1. The van der Waals surface area contributed by atoms with Crippen molar-refractivity contribution in [3.63, 3.8) is 0 Å². The van der Waals surface area contributed by atoms with Crippen LogP contribution in [0.3, 0.4) is 0 Å². The van der Waals surface area contributed by atoms with Crippen molar-refractivity contribution in [2.45, 2.75) is 20.4 Å². The summed E-state index contributed by atoms with van der Waals surface area (Å²) < 4.78 is 1.39. The van der Waals surface area contributed by atoms with E-state index in [2.05, 4.69) is 10.4 Å². The quantitative estimate of drug-likeness (QED) is 0.573. The Balaban J connectivity index is 1.94. The Bertz CT molecular complexity index is 1090. The predicted molar refractivity (Wildman–Crippen MR) is 97.2 cm³/mol. The van der Waals surface area contributed by atoms with Gasteiger partial charge >= 0.3 is 0 Å². The van der Waals surface area contributed by atoms with Gasteiger partial charge in [0.05, 0.1) is 16.6 Å². The highest BCUT2D eigenvalue weighted by molar-refractivity contribution is 5.95. The molecule has 0 unspecified atom stereocenters. The number of nitrogens with zero attached hydrogens (tertiary/aromatic N) is 3. The van der Waals surface area contributed by atoms with Crippen LogP contribution in [0.1, 0.15) is 11.1 Å². The lowest BCUT2D eigenvalue weighted by atomic mass is 10.1. The molecule has 8 heteroatoms. The van der Waals surface area contributed by atoms with Crippen molar-refractivity contribution < 1.29 is 9.72 Å². The van der Waals surface area contributed by atoms with Crippen LogP contribution < -0.4 is 10.7 Å². The van der Waals surface area contributed by atoms with Crippen LogP contribution in [0, 0.1) is 24.0 Å². The summed E-state index contributed by atoms with van der Waals surface area (Å²) in [6, 6.07) is 9.83. The Morgan fingerprint density at radius 2 is 1.96 bits per heavy atom. The first-order valence-electron chi connectivity index (χ1n) is 7.88. The zero-order valence-corrected chi connectivity index (χ0v) is 14.2. The van der Waals surface area contributed by atoms with Gasteiger partial charge in [-0.1, -0.05) is 18.2 Å². The molecule has 26 heavy (non-hydrogen) atoms. The normalized spacial score (nSPS) is 10.7. The molecule has 132 valence electrons. The van der Waals surface area contributed by atoms with E-state index in [0.717, 1.165) is 11.8 Å². The van der Waals surface area contributed by atoms with Crippen molar-refractivity contribution in [1.82, 2.24) is 9.78 Å². The highest BCUT2D eigenvalue weighted by atomic mass is 16.6. The van der Waals surface area contributed by atoms with Crippen LogP contribution in [0.15, 0.2) is 47.4 Å². The molecule has 8 nitrogen and oxygen atoms in total. The van der Waals surface area contributed by atoms with E-state index in [1.54, 1.807) is 37.3 Å². The lowest BCUT2D eigenvalue weighted by Gasteiger charge is -2.12. The fourth-order valence-corrected chi connectivity index (χ4v) is 2.71. The third-order valence-corrected chi connectivity index (χ3v) is 4.23. The van der Waals surface area contributed by atoms with Crippen LogP contribution in [-0.4, -0.2) is 20.6 Å². The molecule has 3 rings (SSSR count). The molecule has 0 spiro atoms. The topological polar surface area (TPSA) is 107 Å². The van der Waals surface area contributed by atoms with Gasteiger partial charge in [0.15, 0.2) is 0 Å². The van der Waals surface area contributed by atoms with Crippen molar-refractivity contribution in [1.29, 1.82) is 0 Å². The number of nitro benzene ring substituents is 1. The van der Waals surface area contributed by atoms with Gasteiger partial charge in [0.1, 0.15) is 12.2 Å². The van der Waals surface area contributed by atoms with Crippen LogP contribution in [0.2, 0.25) is 0 Å². The first-order valence-corrected chi connectivity index (χ1v) is 7.88. The lowest BCUT2D eigenvalue weighted by molar-refractivity contribution is -0.384. The van der Waals surface area contributed by atoms with Crippen molar-refractivity contribution in [2.75, 3.05) is 5.32 Å². The summed E-state index contributed by atoms with van der Waals surface area (Å²) in [5.74, 6) is -0.469. The summed E-state index contributed by atoms with van der Waals surface area (Å²) in [5, 5.41) is 18.3. The number of para-hydroxylation sites is 1. The van der Waals surface area contributed by atoms with Crippen LogP contribution >= 0.6 is 0 Å². The van der Waals surface area contributed by atoms with Crippen molar-refractivity contribution in [3.05, 3.63) is 74.1 Å². The number of nitrogens with one attached hydrogen (secondary N) is 1. The van der Waals surface area contributed by atoms with Crippen molar-refractivity contribution in [2.24, 2.45) is 0 Å². The first kappa shape index (κ1) is 17.3. The van der Waals surface area contributed by atoms with E-state index in [1.807, 2.05) is 6.92 Å². The SMILES string of the molecule is Cc1ccc([N+](=O)[O-])c(NC(=O)Cn2ncc(=O)c3ccccc32)c1C. The molecular weight excluding hydrogens is 336 g/mol. The number of aromatic nitrogens is 2. The number of aryl methyl sites for hydroxylation is 1. The van der Waals surface area contributed by atoms with Gasteiger partial charge in [-0.05, 0) is 37.1 Å². The molecule has 0 aliphatic heterocycles. The number of anilines is 1. The molecule has 1 amide bonds. The maximum atomic E-state index is 12.5. The Labute approximate surface area is 148 Å². The molecule has 3 aromatic rings. The molecule has 0 saturated carbocycles. The minimum atomic E-state index is -0.533. The second kappa shape index (κ2) is 6.75. The monoisotopic (exact) mass is 352 g/mol. The second-order valence-corrected chi connectivity index (χ2v) is 5.89. The summed E-state index contributed by atoms with van der Waals surface area (Å²) in [7, 11) is 0. The molecule has 1 N–H and O–H groups in total. The number of carbonyl (C=O) groups is 1. The highest BCUT2D eigenvalue weighted by Crippen LogP contribution is 2.30. The Kier molecular flexibility index (Phi) is 4.49. The van der Waals surface area contributed by atoms with E-state index in [9.17, 15) is 19.7 Å². The number of carbonyl (C=O) groups excluding carboxylic acids is 1. The number of benzene rings is 2. The molecule has 0 radical (unpaired) electrons. The smallest absolute Gasteiger partial charge is 0.293 e. The van der Waals surface area contributed by atoms with E-state index < -0.39 is 10.8 Å². The number of nitro groups is 1. The van der Waals surface area contributed by atoms with E-state index in [1.165, 1.54) is 10.7 Å². The Hall–Kier alpha value is -3.55. The van der Waals surface area contributed by atoms with Crippen molar-refractivity contribution >= 4 is 28.2 Å². The summed E-state index contributed by atoms with van der Waals surface area (Å²) in [6.07, 6.45) is 1.15. The van der Waals surface area contributed by atoms with Crippen LogP contribution in [-0.2, 0) is 11.3 Å². The molecular formula is C18H16N4O4. The van der Waals surface area contributed by atoms with Gasteiger partial charge in [0.2, 0.25) is 11.3 Å². The summed E-state index contributed by atoms with van der Waals surface area (Å²) in [5.41, 5.74) is 1.75. The standard InChI is InChI=1S/C18H16N4O4/c1-11-7-8-15(22(25)26)18(12(11)2)20-17(24)10-21-14-6-4-3-5-13(14)16(23)9-19-21/h3-9H,10H2,1-2H3,(H,20,24). The highest BCUT2D eigenvalue weighted by Gasteiger charge is 2.20. The minimum Gasteiger partial charge on any atom is -0.319 e. The zero-order valence-electron chi connectivity index (χ0n) is 14.2. The molecule has 0 bridgehead atoms. The van der Waals surface area contributed by atoms with Gasteiger partial charge in [-0.3, -0.25) is 24.4 Å². The summed E-state index contributed by atoms with van der Waals surface area (Å²) in [4.78, 5) is 35.0. The number of fused-ring (bicyclic) bond motifs is 1. The fourth-order valence-electron chi connectivity index (χ4n) is 2.71. The molecule has 1 heterocycles. The Morgan fingerprint density at radius 1 is 1.23 bits per heavy atom. The van der Waals surface area contributed by atoms with Gasteiger partial charge in [-0.2, -0.15) is 5.10 Å². The van der Waals surface area contributed by atoms with Gasteiger partial charge < -0.3 is 5.32 Å².